The van der Waals surface area contributed by atoms with Crippen LogP contribution in [-0.4, -0.2) is 34.9 Å². The molecule has 2 rings (SSSR count). The van der Waals surface area contributed by atoms with Crippen LogP contribution in [0.2, 0.25) is 0 Å². The van der Waals surface area contributed by atoms with Gasteiger partial charge in [-0.1, -0.05) is 24.3 Å². The molecule has 1 heterocycles. The van der Waals surface area contributed by atoms with Crippen molar-refractivity contribution in [3.8, 4) is 0 Å². The number of thioether (sulfide) groups is 1. The second kappa shape index (κ2) is 6.25. The van der Waals surface area contributed by atoms with Gasteiger partial charge in [0.25, 0.3) is 0 Å². The SMILES string of the molecule is CC1CSCCN1C(=O)Cc1ccccc1CN. The second-order valence-corrected chi connectivity index (χ2v) is 5.81. The number of benzene rings is 1. The third kappa shape index (κ3) is 3.06. The molecule has 0 spiro atoms. The molecule has 1 amide bonds. The van der Waals surface area contributed by atoms with E-state index in [4.69, 9.17) is 5.73 Å². The first-order valence-corrected chi connectivity index (χ1v) is 7.52. The number of nitrogens with zero attached hydrogens (tertiary/aromatic N) is 1. The van der Waals surface area contributed by atoms with Crippen molar-refractivity contribution < 1.29 is 4.79 Å². The molecular formula is C14H20N2OS. The summed E-state index contributed by atoms with van der Waals surface area (Å²) < 4.78 is 0. The van der Waals surface area contributed by atoms with Crippen LogP contribution in [0.4, 0.5) is 0 Å². The molecule has 1 atom stereocenters. The second-order valence-electron chi connectivity index (χ2n) is 4.66. The first-order valence-electron chi connectivity index (χ1n) is 6.36. The molecule has 1 aromatic rings. The lowest BCUT2D eigenvalue weighted by Gasteiger charge is -2.33. The van der Waals surface area contributed by atoms with Gasteiger partial charge in [0.15, 0.2) is 0 Å². The van der Waals surface area contributed by atoms with E-state index in [0.29, 0.717) is 19.0 Å². The summed E-state index contributed by atoms with van der Waals surface area (Å²) in [7, 11) is 0. The monoisotopic (exact) mass is 264 g/mol. The van der Waals surface area contributed by atoms with Gasteiger partial charge in [-0.15, -0.1) is 0 Å². The maximum atomic E-state index is 12.3. The van der Waals surface area contributed by atoms with Gasteiger partial charge in [0.2, 0.25) is 5.91 Å². The molecule has 1 aliphatic heterocycles. The quantitative estimate of drug-likeness (QED) is 0.903. The van der Waals surface area contributed by atoms with Crippen LogP contribution in [-0.2, 0) is 17.8 Å². The standard InChI is InChI=1S/C14H20N2OS/c1-11-10-18-7-6-16(11)14(17)8-12-4-2-3-5-13(12)9-15/h2-5,11H,6-10,15H2,1H3. The lowest BCUT2D eigenvalue weighted by Crippen LogP contribution is -2.45. The molecule has 1 unspecified atom stereocenters. The Balaban J connectivity index is 2.06. The Labute approximate surface area is 113 Å². The van der Waals surface area contributed by atoms with Gasteiger partial charge in [-0.25, -0.2) is 0 Å². The Morgan fingerprint density at radius 3 is 2.83 bits per heavy atom. The zero-order chi connectivity index (χ0) is 13.0. The summed E-state index contributed by atoms with van der Waals surface area (Å²) >= 11 is 1.92. The highest BCUT2D eigenvalue weighted by Crippen LogP contribution is 2.18. The lowest BCUT2D eigenvalue weighted by molar-refractivity contribution is -0.131. The van der Waals surface area contributed by atoms with Crippen LogP contribution < -0.4 is 5.73 Å². The molecule has 98 valence electrons. The molecule has 1 saturated heterocycles. The van der Waals surface area contributed by atoms with Gasteiger partial charge in [-0.05, 0) is 18.1 Å². The van der Waals surface area contributed by atoms with Crippen LogP contribution in [0.25, 0.3) is 0 Å². The minimum atomic E-state index is 0.226. The fourth-order valence-corrected chi connectivity index (χ4v) is 3.30. The molecule has 0 saturated carbocycles. The molecule has 18 heavy (non-hydrogen) atoms. The van der Waals surface area contributed by atoms with Crippen LogP contribution in [0.1, 0.15) is 18.1 Å². The Morgan fingerprint density at radius 1 is 1.44 bits per heavy atom. The van der Waals surface area contributed by atoms with Crippen molar-refractivity contribution in [1.82, 2.24) is 4.90 Å². The highest BCUT2D eigenvalue weighted by molar-refractivity contribution is 7.99. The Kier molecular flexibility index (Phi) is 4.66. The minimum Gasteiger partial charge on any atom is -0.338 e. The number of nitrogens with two attached hydrogens (primary N) is 1. The summed E-state index contributed by atoms with van der Waals surface area (Å²) in [6, 6.07) is 8.29. The van der Waals surface area contributed by atoms with Gasteiger partial charge in [-0.3, -0.25) is 4.79 Å². The summed E-state index contributed by atoms with van der Waals surface area (Å²) in [6.07, 6.45) is 0.475. The van der Waals surface area contributed by atoms with Crippen molar-refractivity contribution in [3.63, 3.8) is 0 Å². The van der Waals surface area contributed by atoms with E-state index in [0.717, 1.165) is 29.2 Å². The highest BCUT2D eigenvalue weighted by Gasteiger charge is 2.23. The van der Waals surface area contributed by atoms with E-state index in [1.807, 2.05) is 40.9 Å². The molecule has 2 N–H and O–H groups in total. The van der Waals surface area contributed by atoms with E-state index in [9.17, 15) is 4.79 Å². The zero-order valence-electron chi connectivity index (χ0n) is 10.8. The number of carbonyl (C=O) groups excluding carboxylic acids is 1. The van der Waals surface area contributed by atoms with Crippen molar-refractivity contribution >= 4 is 17.7 Å². The topological polar surface area (TPSA) is 46.3 Å². The van der Waals surface area contributed by atoms with Crippen LogP contribution in [0.3, 0.4) is 0 Å². The molecule has 1 fully saturated rings. The number of hydrogen-bond donors (Lipinski definition) is 1. The van der Waals surface area contributed by atoms with Crippen molar-refractivity contribution in [2.75, 3.05) is 18.1 Å². The van der Waals surface area contributed by atoms with Crippen LogP contribution >= 0.6 is 11.8 Å². The third-order valence-electron chi connectivity index (χ3n) is 3.37. The summed E-state index contributed by atoms with van der Waals surface area (Å²) in [5.41, 5.74) is 7.84. The Bertz CT molecular complexity index is 422. The maximum Gasteiger partial charge on any atom is 0.227 e. The molecule has 0 radical (unpaired) electrons. The average Bonchev–Trinajstić information content (AvgIpc) is 2.39. The van der Waals surface area contributed by atoms with Gasteiger partial charge < -0.3 is 10.6 Å². The Hall–Kier alpha value is -1.00. The van der Waals surface area contributed by atoms with E-state index < -0.39 is 0 Å². The molecule has 0 aliphatic carbocycles. The fourth-order valence-electron chi connectivity index (χ4n) is 2.29. The van der Waals surface area contributed by atoms with Gasteiger partial charge in [0, 0.05) is 30.6 Å². The molecular weight excluding hydrogens is 244 g/mol. The summed E-state index contributed by atoms with van der Waals surface area (Å²) in [4.78, 5) is 14.3. The van der Waals surface area contributed by atoms with E-state index in [1.165, 1.54) is 0 Å². The van der Waals surface area contributed by atoms with Crippen molar-refractivity contribution in [3.05, 3.63) is 35.4 Å². The molecule has 3 nitrogen and oxygen atoms in total. The van der Waals surface area contributed by atoms with Crippen LogP contribution in [0.5, 0.6) is 0 Å². The number of hydrogen-bond acceptors (Lipinski definition) is 3. The fraction of sp³-hybridized carbons (Fsp3) is 0.500. The van der Waals surface area contributed by atoms with Crippen molar-refractivity contribution in [2.24, 2.45) is 5.73 Å². The lowest BCUT2D eigenvalue weighted by atomic mass is 10.0. The van der Waals surface area contributed by atoms with E-state index >= 15 is 0 Å². The van der Waals surface area contributed by atoms with Crippen LogP contribution in [0, 0.1) is 0 Å². The molecule has 0 aromatic heterocycles. The van der Waals surface area contributed by atoms with Gasteiger partial charge in [-0.2, -0.15) is 11.8 Å². The largest absolute Gasteiger partial charge is 0.338 e. The van der Waals surface area contributed by atoms with E-state index in [1.54, 1.807) is 0 Å². The summed E-state index contributed by atoms with van der Waals surface area (Å²) in [6.45, 7) is 3.49. The first kappa shape index (κ1) is 13.4. The summed E-state index contributed by atoms with van der Waals surface area (Å²) in [5, 5.41) is 0. The summed E-state index contributed by atoms with van der Waals surface area (Å²) in [5.74, 6) is 2.32. The van der Waals surface area contributed by atoms with Crippen molar-refractivity contribution in [1.29, 1.82) is 0 Å². The zero-order valence-corrected chi connectivity index (χ0v) is 11.6. The minimum absolute atomic E-state index is 0.226. The van der Waals surface area contributed by atoms with E-state index in [2.05, 4.69) is 6.92 Å². The van der Waals surface area contributed by atoms with Gasteiger partial charge in [0.1, 0.15) is 0 Å². The first-order chi connectivity index (χ1) is 8.72. The predicted molar refractivity (Wildman–Crippen MR) is 76.5 cm³/mol. The van der Waals surface area contributed by atoms with Gasteiger partial charge >= 0.3 is 0 Å². The van der Waals surface area contributed by atoms with Crippen molar-refractivity contribution in [2.45, 2.75) is 25.9 Å². The normalized spacial score (nSPS) is 19.9. The number of rotatable bonds is 3. The van der Waals surface area contributed by atoms with Crippen LogP contribution in [0.15, 0.2) is 24.3 Å². The third-order valence-corrected chi connectivity index (χ3v) is 4.56. The molecule has 1 aromatic carbocycles. The average molecular weight is 264 g/mol. The maximum absolute atomic E-state index is 12.3. The predicted octanol–water partition coefficient (Wildman–Crippen LogP) is 1.65. The molecule has 1 aliphatic rings. The molecule has 0 bridgehead atoms. The molecule has 4 heteroatoms. The highest BCUT2D eigenvalue weighted by atomic mass is 32.2. The van der Waals surface area contributed by atoms with E-state index in [-0.39, 0.29) is 5.91 Å². The van der Waals surface area contributed by atoms with Gasteiger partial charge in [0.05, 0.1) is 6.42 Å². The Morgan fingerprint density at radius 2 is 2.17 bits per heavy atom. The number of amides is 1. The number of carbonyl (C=O) groups is 1. The smallest absolute Gasteiger partial charge is 0.227 e.